The van der Waals surface area contributed by atoms with Crippen LogP contribution in [0.1, 0.15) is 31.1 Å². The van der Waals surface area contributed by atoms with Crippen molar-refractivity contribution in [3.05, 3.63) is 35.4 Å². The molecule has 0 aliphatic heterocycles. The van der Waals surface area contributed by atoms with Gasteiger partial charge in [-0.15, -0.1) is 0 Å². The minimum Gasteiger partial charge on any atom is -0.387 e. The van der Waals surface area contributed by atoms with Crippen molar-refractivity contribution in [2.24, 2.45) is 0 Å². The molecule has 2 N–H and O–H groups in total. The molecule has 1 unspecified atom stereocenters. The van der Waals surface area contributed by atoms with E-state index >= 15 is 0 Å². The zero-order valence-electron chi connectivity index (χ0n) is 12.0. The third-order valence-electron chi connectivity index (χ3n) is 3.04. The van der Waals surface area contributed by atoms with Crippen molar-refractivity contribution in [2.45, 2.75) is 20.0 Å². The molecule has 0 heterocycles. The van der Waals surface area contributed by atoms with Crippen molar-refractivity contribution >= 4 is 5.91 Å². The quantitative estimate of drug-likeness (QED) is 0.780. The number of carbonyl (C=O) groups is 1. The van der Waals surface area contributed by atoms with E-state index in [9.17, 15) is 9.90 Å². The summed E-state index contributed by atoms with van der Waals surface area (Å²) in [6.45, 7) is 5.78. The fourth-order valence-electron chi connectivity index (χ4n) is 1.89. The Hall–Kier alpha value is -1.90. The molecule has 0 aliphatic rings. The monoisotopic (exact) mass is 275 g/mol. The molecular weight excluding hydrogens is 254 g/mol. The van der Waals surface area contributed by atoms with E-state index in [2.05, 4.69) is 5.32 Å². The van der Waals surface area contributed by atoms with Gasteiger partial charge in [-0.25, -0.2) is 0 Å². The van der Waals surface area contributed by atoms with Crippen LogP contribution < -0.4 is 5.32 Å². The summed E-state index contributed by atoms with van der Waals surface area (Å²) in [5.41, 5.74) is 1.31. The maximum absolute atomic E-state index is 11.5. The predicted molar refractivity (Wildman–Crippen MR) is 76.9 cm³/mol. The van der Waals surface area contributed by atoms with Crippen molar-refractivity contribution in [3.63, 3.8) is 0 Å². The third-order valence-corrected chi connectivity index (χ3v) is 3.04. The summed E-state index contributed by atoms with van der Waals surface area (Å²) in [4.78, 5) is 13.4. The van der Waals surface area contributed by atoms with E-state index in [-0.39, 0.29) is 12.5 Å². The molecule has 0 bridgehead atoms. The number of rotatable bonds is 7. The van der Waals surface area contributed by atoms with Crippen LogP contribution in [0.2, 0.25) is 0 Å². The van der Waals surface area contributed by atoms with Gasteiger partial charge in [0.25, 0.3) is 0 Å². The number of aliphatic hydroxyl groups excluding tert-OH is 1. The number of hydrogen-bond acceptors (Lipinski definition) is 4. The van der Waals surface area contributed by atoms with E-state index < -0.39 is 6.10 Å². The zero-order chi connectivity index (χ0) is 15.0. The SMILES string of the molecule is CCNC(=O)CN(CC)CC(O)c1ccc(C#N)cc1. The number of nitriles is 1. The molecule has 1 amide bonds. The topological polar surface area (TPSA) is 76.4 Å². The van der Waals surface area contributed by atoms with Crippen LogP contribution >= 0.6 is 0 Å². The molecule has 1 rings (SSSR count). The molecule has 0 spiro atoms. The predicted octanol–water partition coefficient (Wildman–Crippen LogP) is 1.05. The van der Waals surface area contributed by atoms with Gasteiger partial charge >= 0.3 is 0 Å². The van der Waals surface area contributed by atoms with Gasteiger partial charge in [0.15, 0.2) is 0 Å². The highest BCUT2D eigenvalue weighted by molar-refractivity contribution is 5.77. The molecule has 0 saturated heterocycles. The highest BCUT2D eigenvalue weighted by Crippen LogP contribution is 2.15. The van der Waals surface area contributed by atoms with Gasteiger partial charge < -0.3 is 10.4 Å². The largest absolute Gasteiger partial charge is 0.387 e. The fourth-order valence-corrected chi connectivity index (χ4v) is 1.89. The van der Waals surface area contributed by atoms with Crippen molar-refractivity contribution in [1.29, 1.82) is 5.26 Å². The van der Waals surface area contributed by atoms with Crippen LogP contribution in [0.5, 0.6) is 0 Å². The number of carbonyl (C=O) groups excluding carboxylic acids is 1. The lowest BCUT2D eigenvalue weighted by atomic mass is 10.1. The van der Waals surface area contributed by atoms with Gasteiger partial charge in [0.2, 0.25) is 5.91 Å². The average Bonchev–Trinajstić information content (AvgIpc) is 2.46. The molecule has 5 heteroatoms. The Balaban J connectivity index is 2.59. The van der Waals surface area contributed by atoms with Gasteiger partial charge in [-0.1, -0.05) is 19.1 Å². The van der Waals surface area contributed by atoms with Crippen LogP contribution in [0.4, 0.5) is 0 Å². The first kappa shape index (κ1) is 16.2. The van der Waals surface area contributed by atoms with Crippen LogP contribution in [0.15, 0.2) is 24.3 Å². The Kier molecular flexibility index (Phi) is 6.71. The summed E-state index contributed by atoms with van der Waals surface area (Å²) in [7, 11) is 0. The number of amides is 1. The number of hydrogen-bond donors (Lipinski definition) is 2. The second kappa shape index (κ2) is 8.31. The standard InChI is InChI=1S/C15H21N3O2/c1-3-17-15(20)11-18(4-2)10-14(19)13-7-5-12(9-16)6-8-13/h5-8,14,19H,3-4,10-11H2,1-2H3,(H,17,20). The lowest BCUT2D eigenvalue weighted by Crippen LogP contribution is -2.39. The summed E-state index contributed by atoms with van der Waals surface area (Å²) >= 11 is 0. The lowest BCUT2D eigenvalue weighted by molar-refractivity contribution is -0.122. The second-order valence-corrected chi connectivity index (χ2v) is 4.53. The maximum Gasteiger partial charge on any atom is 0.234 e. The van der Waals surface area contributed by atoms with Gasteiger partial charge in [0.05, 0.1) is 24.3 Å². The lowest BCUT2D eigenvalue weighted by Gasteiger charge is -2.23. The summed E-state index contributed by atoms with van der Waals surface area (Å²) in [6, 6.07) is 8.88. The smallest absolute Gasteiger partial charge is 0.234 e. The van der Waals surface area contributed by atoms with Gasteiger partial charge in [0, 0.05) is 13.1 Å². The number of benzene rings is 1. The van der Waals surface area contributed by atoms with Crippen LogP contribution in [-0.2, 0) is 4.79 Å². The zero-order valence-corrected chi connectivity index (χ0v) is 12.0. The molecular formula is C15H21N3O2. The highest BCUT2D eigenvalue weighted by atomic mass is 16.3. The molecule has 0 aliphatic carbocycles. The Morgan fingerprint density at radius 2 is 2.05 bits per heavy atom. The summed E-state index contributed by atoms with van der Waals surface area (Å²) < 4.78 is 0. The normalized spacial score (nSPS) is 11.9. The number of aliphatic hydroxyl groups is 1. The fraction of sp³-hybridized carbons (Fsp3) is 0.467. The Labute approximate surface area is 119 Å². The van der Waals surface area contributed by atoms with E-state index in [1.54, 1.807) is 24.3 Å². The molecule has 0 aromatic heterocycles. The highest BCUT2D eigenvalue weighted by Gasteiger charge is 2.14. The molecule has 0 saturated carbocycles. The van der Waals surface area contributed by atoms with Crippen LogP contribution in [-0.4, -0.2) is 42.1 Å². The molecule has 0 radical (unpaired) electrons. The number of nitrogens with zero attached hydrogens (tertiary/aromatic N) is 2. The minimum absolute atomic E-state index is 0.0404. The Morgan fingerprint density at radius 1 is 1.40 bits per heavy atom. The van der Waals surface area contributed by atoms with Crippen molar-refractivity contribution < 1.29 is 9.90 Å². The Bertz CT molecular complexity index is 465. The van der Waals surface area contributed by atoms with Gasteiger partial charge in [-0.3, -0.25) is 9.69 Å². The maximum atomic E-state index is 11.5. The minimum atomic E-state index is -0.669. The van der Waals surface area contributed by atoms with E-state index in [0.29, 0.717) is 25.2 Å². The molecule has 1 aromatic carbocycles. The van der Waals surface area contributed by atoms with E-state index in [0.717, 1.165) is 5.56 Å². The first-order chi connectivity index (χ1) is 9.60. The molecule has 1 aromatic rings. The van der Waals surface area contributed by atoms with E-state index in [1.165, 1.54) is 0 Å². The summed E-state index contributed by atoms with van der Waals surface area (Å²) in [6.07, 6.45) is -0.669. The van der Waals surface area contributed by atoms with Crippen molar-refractivity contribution in [2.75, 3.05) is 26.2 Å². The molecule has 5 nitrogen and oxygen atoms in total. The van der Waals surface area contributed by atoms with Crippen molar-refractivity contribution in [3.8, 4) is 6.07 Å². The van der Waals surface area contributed by atoms with Gasteiger partial charge in [-0.2, -0.15) is 5.26 Å². The summed E-state index contributed by atoms with van der Waals surface area (Å²) in [5, 5.41) is 21.6. The number of nitrogens with one attached hydrogen (secondary N) is 1. The summed E-state index contributed by atoms with van der Waals surface area (Å²) in [5.74, 6) is -0.0404. The van der Waals surface area contributed by atoms with Crippen LogP contribution in [0.25, 0.3) is 0 Å². The number of likely N-dealkylation sites (N-methyl/N-ethyl adjacent to an activating group) is 2. The van der Waals surface area contributed by atoms with Gasteiger partial charge in [-0.05, 0) is 31.2 Å². The van der Waals surface area contributed by atoms with Crippen LogP contribution in [0.3, 0.4) is 0 Å². The van der Waals surface area contributed by atoms with Crippen LogP contribution in [0, 0.1) is 11.3 Å². The first-order valence-electron chi connectivity index (χ1n) is 6.77. The second-order valence-electron chi connectivity index (χ2n) is 4.53. The van der Waals surface area contributed by atoms with Crippen molar-refractivity contribution in [1.82, 2.24) is 10.2 Å². The third kappa shape index (κ3) is 5.00. The molecule has 108 valence electrons. The van der Waals surface area contributed by atoms with Gasteiger partial charge in [0.1, 0.15) is 0 Å². The first-order valence-corrected chi connectivity index (χ1v) is 6.77. The van der Waals surface area contributed by atoms with E-state index in [1.807, 2.05) is 24.8 Å². The molecule has 0 fully saturated rings. The molecule has 1 atom stereocenters. The average molecular weight is 275 g/mol. The van der Waals surface area contributed by atoms with E-state index in [4.69, 9.17) is 5.26 Å². The Morgan fingerprint density at radius 3 is 2.55 bits per heavy atom. The molecule has 20 heavy (non-hydrogen) atoms.